The van der Waals surface area contributed by atoms with Gasteiger partial charge in [0.1, 0.15) is 6.61 Å². The molecular formula is C16H13ClO4. The molecule has 5 heteroatoms. The van der Waals surface area contributed by atoms with Crippen molar-refractivity contribution < 1.29 is 19.7 Å². The Morgan fingerprint density at radius 2 is 1.81 bits per heavy atom. The fourth-order valence-electron chi connectivity index (χ4n) is 1.59. The van der Waals surface area contributed by atoms with Gasteiger partial charge >= 0.3 is 5.97 Å². The Hall–Kier alpha value is -2.46. The predicted molar refractivity (Wildman–Crippen MR) is 80.1 cm³/mol. The number of phenolic OH excluding ortho intramolecular Hbond substituents is 2. The van der Waals surface area contributed by atoms with Crippen LogP contribution in [0.2, 0.25) is 5.02 Å². The van der Waals surface area contributed by atoms with Crippen molar-refractivity contribution in [2.24, 2.45) is 0 Å². The average Bonchev–Trinajstić information content (AvgIpc) is 2.48. The maximum absolute atomic E-state index is 11.6. The van der Waals surface area contributed by atoms with E-state index in [1.54, 1.807) is 30.3 Å². The van der Waals surface area contributed by atoms with E-state index in [1.165, 1.54) is 24.3 Å². The fourth-order valence-corrected chi connectivity index (χ4v) is 1.72. The summed E-state index contributed by atoms with van der Waals surface area (Å²) in [6, 6.07) is 11.2. The van der Waals surface area contributed by atoms with E-state index in [9.17, 15) is 15.0 Å². The SMILES string of the molecule is O=C(C=Cc1ccc(O)c(O)c1)OCc1ccc(Cl)cc1. The molecule has 0 aliphatic rings. The maximum atomic E-state index is 11.6. The molecule has 0 spiro atoms. The molecule has 0 amide bonds. The molecular weight excluding hydrogens is 292 g/mol. The molecule has 2 N–H and O–H groups in total. The van der Waals surface area contributed by atoms with Crippen LogP contribution < -0.4 is 0 Å². The lowest BCUT2D eigenvalue weighted by atomic mass is 10.2. The number of hydrogen-bond donors (Lipinski definition) is 2. The number of hydrogen-bond acceptors (Lipinski definition) is 4. The second kappa shape index (κ2) is 6.81. The van der Waals surface area contributed by atoms with Gasteiger partial charge in [0, 0.05) is 11.1 Å². The zero-order valence-corrected chi connectivity index (χ0v) is 11.7. The van der Waals surface area contributed by atoms with E-state index < -0.39 is 5.97 Å². The summed E-state index contributed by atoms with van der Waals surface area (Å²) in [6.45, 7) is 0.154. The molecule has 0 unspecified atom stereocenters. The number of aromatic hydroxyl groups is 2. The van der Waals surface area contributed by atoms with Crippen LogP contribution in [0.1, 0.15) is 11.1 Å². The van der Waals surface area contributed by atoms with Gasteiger partial charge in [-0.25, -0.2) is 4.79 Å². The molecule has 2 aromatic rings. The number of phenols is 2. The van der Waals surface area contributed by atoms with Crippen LogP contribution in [-0.4, -0.2) is 16.2 Å². The quantitative estimate of drug-likeness (QED) is 0.515. The van der Waals surface area contributed by atoms with Crippen molar-refractivity contribution in [1.29, 1.82) is 0 Å². The molecule has 2 rings (SSSR count). The third kappa shape index (κ3) is 4.54. The lowest BCUT2D eigenvalue weighted by molar-refractivity contribution is -0.138. The largest absolute Gasteiger partial charge is 0.504 e. The second-order valence-electron chi connectivity index (χ2n) is 4.32. The van der Waals surface area contributed by atoms with Crippen molar-refractivity contribution in [1.82, 2.24) is 0 Å². The molecule has 21 heavy (non-hydrogen) atoms. The van der Waals surface area contributed by atoms with Gasteiger partial charge in [-0.05, 0) is 41.5 Å². The van der Waals surface area contributed by atoms with Gasteiger partial charge < -0.3 is 14.9 Å². The van der Waals surface area contributed by atoms with Crippen molar-refractivity contribution >= 4 is 23.6 Å². The van der Waals surface area contributed by atoms with Gasteiger partial charge in [-0.3, -0.25) is 0 Å². The van der Waals surface area contributed by atoms with Crippen LogP contribution in [0.25, 0.3) is 6.08 Å². The smallest absolute Gasteiger partial charge is 0.331 e. The number of carbonyl (C=O) groups excluding carboxylic acids is 1. The molecule has 0 bridgehead atoms. The minimum absolute atomic E-state index is 0.154. The van der Waals surface area contributed by atoms with Gasteiger partial charge in [0.15, 0.2) is 11.5 Å². The third-order valence-electron chi connectivity index (χ3n) is 2.71. The first-order chi connectivity index (χ1) is 10.0. The first-order valence-corrected chi connectivity index (χ1v) is 6.53. The Labute approximate surface area is 126 Å². The van der Waals surface area contributed by atoms with Crippen LogP contribution in [0.4, 0.5) is 0 Å². The normalized spacial score (nSPS) is 10.7. The minimum atomic E-state index is -0.502. The highest BCUT2D eigenvalue weighted by Gasteiger charge is 2.01. The van der Waals surface area contributed by atoms with Crippen LogP contribution in [-0.2, 0) is 16.1 Å². The number of carbonyl (C=O) groups is 1. The van der Waals surface area contributed by atoms with Gasteiger partial charge in [-0.2, -0.15) is 0 Å². The third-order valence-corrected chi connectivity index (χ3v) is 2.96. The highest BCUT2D eigenvalue weighted by molar-refractivity contribution is 6.30. The Balaban J connectivity index is 1.90. The van der Waals surface area contributed by atoms with E-state index in [4.69, 9.17) is 16.3 Å². The molecule has 0 fully saturated rings. The van der Waals surface area contributed by atoms with Crippen LogP contribution in [0.15, 0.2) is 48.5 Å². The number of ether oxygens (including phenoxy) is 1. The van der Waals surface area contributed by atoms with Crippen molar-refractivity contribution in [3.8, 4) is 11.5 Å². The molecule has 0 radical (unpaired) electrons. The molecule has 0 heterocycles. The van der Waals surface area contributed by atoms with Gasteiger partial charge in [0.05, 0.1) is 0 Å². The molecule has 0 aromatic heterocycles. The first-order valence-electron chi connectivity index (χ1n) is 6.16. The molecule has 0 saturated heterocycles. The molecule has 0 aliphatic carbocycles. The van der Waals surface area contributed by atoms with E-state index in [2.05, 4.69) is 0 Å². The van der Waals surface area contributed by atoms with Crippen LogP contribution in [0, 0.1) is 0 Å². The number of benzene rings is 2. The Morgan fingerprint density at radius 1 is 1.10 bits per heavy atom. The molecule has 0 atom stereocenters. The minimum Gasteiger partial charge on any atom is -0.504 e. The number of rotatable bonds is 4. The summed E-state index contributed by atoms with van der Waals surface area (Å²) in [6.07, 6.45) is 2.74. The second-order valence-corrected chi connectivity index (χ2v) is 4.75. The van der Waals surface area contributed by atoms with E-state index in [0.717, 1.165) is 5.56 Å². The topological polar surface area (TPSA) is 66.8 Å². The van der Waals surface area contributed by atoms with Gasteiger partial charge in [-0.1, -0.05) is 29.8 Å². The Bertz CT molecular complexity index is 662. The van der Waals surface area contributed by atoms with E-state index in [0.29, 0.717) is 10.6 Å². The summed E-state index contributed by atoms with van der Waals surface area (Å²) in [5.41, 5.74) is 1.41. The van der Waals surface area contributed by atoms with Crippen LogP contribution >= 0.6 is 11.6 Å². The lowest BCUT2D eigenvalue weighted by Crippen LogP contribution is -2.00. The Morgan fingerprint density at radius 3 is 2.48 bits per heavy atom. The first kappa shape index (κ1) is 14.9. The van der Waals surface area contributed by atoms with Crippen molar-refractivity contribution in [3.05, 3.63) is 64.7 Å². The maximum Gasteiger partial charge on any atom is 0.331 e. The van der Waals surface area contributed by atoms with Gasteiger partial charge in [0.25, 0.3) is 0 Å². The standard InChI is InChI=1S/C16H13ClO4/c17-13-5-1-12(2-6-13)10-21-16(20)8-4-11-3-7-14(18)15(19)9-11/h1-9,18-19H,10H2. The van der Waals surface area contributed by atoms with E-state index in [1.807, 2.05) is 0 Å². The van der Waals surface area contributed by atoms with E-state index in [-0.39, 0.29) is 18.1 Å². The summed E-state index contributed by atoms with van der Waals surface area (Å²) < 4.78 is 5.06. The van der Waals surface area contributed by atoms with Crippen molar-refractivity contribution in [2.45, 2.75) is 6.61 Å². The highest BCUT2D eigenvalue weighted by Crippen LogP contribution is 2.25. The molecule has 0 aliphatic heterocycles. The summed E-state index contributed by atoms with van der Waals surface area (Å²) in [4.78, 5) is 11.6. The monoisotopic (exact) mass is 304 g/mol. The summed E-state index contributed by atoms with van der Waals surface area (Å²) in [5, 5.41) is 19.1. The van der Waals surface area contributed by atoms with Gasteiger partial charge in [0.2, 0.25) is 0 Å². The highest BCUT2D eigenvalue weighted by atomic mass is 35.5. The molecule has 4 nitrogen and oxygen atoms in total. The van der Waals surface area contributed by atoms with Crippen LogP contribution in [0.5, 0.6) is 11.5 Å². The number of halogens is 1. The molecule has 2 aromatic carbocycles. The summed E-state index contributed by atoms with van der Waals surface area (Å²) in [5.74, 6) is -0.957. The fraction of sp³-hybridized carbons (Fsp3) is 0.0625. The molecule has 0 saturated carbocycles. The van der Waals surface area contributed by atoms with Crippen LogP contribution in [0.3, 0.4) is 0 Å². The van der Waals surface area contributed by atoms with E-state index >= 15 is 0 Å². The van der Waals surface area contributed by atoms with Crippen molar-refractivity contribution in [2.75, 3.05) is 0 Å². The van der Waals surface area contributed by atoms with Gasteiger partial charge in [-0.15, -0.1) is 0 Å². The lowest BCUT2D eigenvalue weighted by Gasteiger charge is -2.02. The number of esters is 1. The molecule has 108 valence electrons. The van der Waals surface area contributed by atoms with Crippen molar-refractivity contribution in [3.63, 3.8) is 0 Å². The predicted octanol–water partition coefficient (Wildman–Crippen LogP) is 3.51. The Kier molecular flexibility index (Phi) is 4.85. The zero-order chi connectivity index (χ0) is 15.2. The zero-order valence-electron chi connectivity index (χ0n) is 11.0. The average molecular weight is 305 g/mol. The summed E-state index contributed by atoms with van der Waals surface area (Å²) >= 11 is 5.76. The summed E-state index contributed by atoms with van der Waals surface area (Å²) in [7, 11) is 0.